The third kappa shape index (κ3) is 2.64. The fourth-order valence-electron chi connectivity index (χ4n) is 1.89. The van der Waals surface area contributed by atoms with Crippen molar-refractivity contribution in [2.75, 3.05) is 18.6 Å². The van der Waals surface area contributed by atoms with E-state index in [-0.39, 0.29) is 17.6 Å². The summed E-state index contributed by atoms with van der Waals surface area (Å²) in [5, 5.41) is 2.99. The van der Waals surface area contributed by atoms with Crippen molar-refractivity contribution in [2.24, 2.45) is 0 Å². The summed E-state index contributed by atoms with van der Waals surface area (Å²) >= 11 is 1.51. The van der Waals surface area contributed by atoms with Crippen molar-refractivity contribution in [1.82, 2.24) is 5.32 Å². The van der Waals surface area contributed by atoms with Gasteiger partial charge in [-0.05, 0) is 6.07 Å². The van der Waals surface area contributed by atoms with E-state index in [2.05, 4.69) is 10.1 Å². The number of hydrogen-bond donors (Lipinski definition) is 1. The highest BCUT2D eigenvalue weighted by Crippen LogP contribution is 2.27. The minimum Gasteiger partial charge on any atom is -0.468 e. The molecule has 0 amide bonds. The summed E-state index contributed by atoms with van der Waals surface area (Å²) in [7, 11) is 1.31. The van der Waals surface area contributed by atoms with Gasteiger partial charge in [0.2, 0.25) is 0 Å². The smallest absolute Gasteiger partial charge is 0.323 e. The molecular formula is C12H13F2NO2S. The van der Waals surface area contributed by atoms with Crippen molar-refractivity contribution in [1.29, 1.82) is 0 Å². The molecule has 1 aliphatic heterocycles. The lowest BCUT2D eigenvalue weighted by molar-refractivity contribution is -0.142. The number of carbonyl (C=O) groups is 1. The second-order valence-corrected chi connectivity index (χ2v) is 5.05. The fourth-order valence-corrected chi connectivity index (χ4v) is 3.01. The molecule has 0 spiro atoms. The average Bonchev–Trinajstić information content (AvgIpc) is 2.41. The van der Waals surface area contributed by atoms with Gasteiger partial charge in [0.15, 0.2) is 11.6 Å². The zero-order valence-electron chi connectivity index (χ0n) is 9.78. The van der Waals surface area contributed by atoms with Gasteiger partial charge in [-0.15, -0.1) is 0 Å². The molecule has 2 atom stereocenters. The van der Waals surface area contributed by atoms with Crippen molar-refractivity contribution < 1.29 is 18.3 Å². The van der Waals surface area contributed by atoms with Gasteiger partial charge in [0.05, 0.1) is 7.11 Å². The molecule has 0 saturated carbocycles. The van der Waals surface area contributed by atoms with E-state index in [9.17, 15) is 13.6 Å². The molecule has 1 aromatic rings. The third-order valence-corrected chi connectivity index (χ3v) is 3.95. The van der Waals surface area contributed by atoms with Gasteiger partial charge in [-0.3, -0.25) is 10.1 Å². The summed E-state index contributed by atoms with van der Waals surface area (Å²) in [6.45, 7) is 0. The highest BCUT2D eigenvalue weighted by molar-refractivity contribution is 7.99. The molecule has 98 valence electrons. The highest BCUT2D eigenvalue weighted by atomic mass is 32.2. The van der Waals surface area contributed by atoms with Crippen LogP contribution in [-0.2, 0) is 9.53 Å². The number of carbonyl (C=O) groups excluding carboxylic acids is 1. The molecule has 18 heavy (non-hydrogen) atoms. The summed E-state index contributed by atoms with van der Waals surface area (Å²) in [6.07, 6.45) is 0. The number of ether oxygens (including phenoxy) is 1. The zero-order valence-corrected chi connectivity index (χ0v) is 10.6. The molecule has 6 heteroatoms. The first-order valence-electron chi connectivity index (χ1n) is 5.49. The van der Waals surface area contributed by atoms with Gasteiger partial charge in [0.25, 0.3) is 0 Å². The Morgan fingerprint density at radius 3 is 2.94 bits per heavy atom. The van der Waals surface area contributed by atoms with E-state index in [1.807, 2.05) is 0 Å². The Morgan fingerprint density at radius 1 is 1.44 bits per heavy atom. The van der Waals surface area contributed by atoms with Crippen LogP contribution in [0.2, 0.25) is 0 Å². The first-order chi connectivity index (χ1) is 8.63. The Bertz CT molecular complexity index is 456. The minimum absolute atomic E-state index is 0.246. The quantitative estimate of drug-likeness (QED) is 0.835. The summed E-state index contributed by atoms with van der Waals surface area (Å²) in [5.41, 5.74) is 0.246. The van der Waals surface area contributed by atoms with E-state index in [0.29, 0.717) is 11.5 Å². The van der Waals surface area contributed by atoms with Gasteiger partial charge in [-0.1, -0.05) is 12.1 Å². The minimum atomic E-state index is -0.875. The highest BCUT2D eigenvalue weighted by Gasteiger charge is 2.30. The van der Waals surface area contributed by atoms with E-state index in [4.69, 9.17) is 0 Å². The molecule has 0 radical (unpaired) electrons. The Morgan fingerprint density at radius 2 is 2.22 bits per heavy atom. The zero-order chi connectivity index (χ0) is 13.1. The number of thioether (sulfide) groups is 1. The lowest BCUT2D eigenvalue weighted by atomic mass is 10.1. The molecule has 1 saturated heterocycles. The van der Waals surface area contributed by atoms with Gasteiger partial charge in [0.1, 0.15) is 6.04 Å². The van der Waals surface area contributed by atoms with Crippen molar-refractivity contribution in [3.63, 3.8) is 0 Å². The number of nitrogens with one attached hydrogen (secondary N) is 1. The lowest BCUT2D eigenvalue weighted by Gasteiger charge is -2.29. The molecule has 1 aromatic carbocycles. The molecule has 0 bridgehead atoms. The van der Waals surface area contributed by atoms with Crippen LogP contribution >= 0.6 is 11.8 Å². The molecule has 1 N–H and O–H groups in total. The maximum absolute atomic E-state index is 13.7. The number of methoxy groups -OCH3 is 1. The largest absolute Gasteiger partial charge is 0.468 e. The molecule has 0 aromatic heterocycles. The molecular weight excluding hydrogens is 260 g/mol. The van der Waals surface area contributed by atoms with Crippen LogP contribution in [-0.4, -0.2) is 30.6 Å². The van der Waals surface area contributed by atoms with Gasteiger partial charge in [-0.25, -0.2) is 8.78 Å². The summed E-state index contributed by atoms with van der Waals surface area (Å²) in [6, 6.07) is 3.19. The Kier molecular flexibility index (Phi) is 4.19. The van der Waals surface area contributed by atoms with Crippen LogP contribution in [0.4, 0.5) is 8.78 Å². The molecule has 1 heterocycles. The van der Waals surface area contributed by atoms with Gasteiger partial charge in [-0.2, -0.15) is 11.8 Å². The fraction of sp³-hybridized carbons (Fsp3) is 0.417. The van der Waals surface area contributed by atoms with Crippen LogP contribution in [0.25, 0.3) is 0 Å². The van der Waals surface area contributed by atoms with E-state index in [1.165, 1.54) is 31.0 Å². The SMILES string of the molecule is COC(=O)C1CSCC(c2cccc(F)c2F)N1. The van der Waals surface area contributed by atoms with Crippen LogP contribution < -0.4 is 5.32 Å². The van der Waals surface area contributed by atoms with Crippen LogP contribution in [0.3, 0.4) is 0 Å². The molecule has 0 aliphatic carbocycles. The Balaban J connectivity index is 2.18. The third-order valence-electron chi connectivity index (χ3n) is 2.81. The van der Waals surface area contributed by atoms with Crippen LogP contribution in [0.1, 0.15) is 11.6 Å². The number of esters is 1. The first-order valence-corrected chi connectivity index (χ1v) is 6.64. The monoisotopic (exact) mass is 273 g/mol. The van der Waals surface area contributed by atoms with E-state index >= 15 is 0 Å². The van der Waals surface area contributed by atoms with Crippen molar-refractivity contribution >= 4 is 17.7 Å². The van der Waals surface area contributed by atoms with E-state index < -0.39 is 17.7 Å². The van der Waals surface area contributed by atoms with Crippen molar-refractivity contribution in [3.8, 4) is 0 Å². The van der Waals surface area contributed by atoms with Gasteiger partial charge < -0.3 is 4.74 Å². The van der Waals surface area contributed by atoms with E-state index in [1.54, 1.807) is 0 Å². The second kappa shape index (κ2) is 5.67. The Labute approximate surface area is 108 Å². The molecule has 1 fully saturated rings. The summed E-state index contributed by atoms with van der Waals surface area (Å²) in [4.78, 5) is 11.4. The van der Waals surface area contributed by atoms with Crippen molar-refractivity contribution in [2.45, 2.75) is 12.1 Å². The number of hydrogen-bond acceptors (Lipinski definition) is 4. The molecule has 1 aliphatic rings. The standard InChI is InChI=1S/C12H13F2NO2S/c1-17-12(16)10-6-18-5-9(15-10)7-3-2-4-8(13)11(7)14/h2-4,9-10,15H,5-6H2,1H3. The average molecular weight is 273 g/mol. The topological polar surface area (TPSA) is 38.3 Å². The lowest BCUT2D eigenvalue weighted by Crippen LogP contribution is -2.46. The first kappa shape index (κ1) is 13.3. The van der Waals surface area contributed by atoms with Gasteiger partial charge in [0, 0.05) is 23.1 Å². The number of rotatable bonds is 2. The van der Waals surface area contributed by atoms with Crippen LogP contribution in [0.15, 0.2) is 18.2 Å². The van der Waals surface area contributed by atoms with E-state index in [0.717, 1.165) is 6.07 Å². The van der Waals surface area contributed by atoms with Crippen LogP contribution in [0.5, 0.6) is 0 Å². The summed E-state index contributed by atoms with van der Waals surface area (Å²) in [5.74, 6) is -0.960. The number of benzene rings is 1. The number of halogens is 2. The molecule has 2 rings (SSSR count). The maximum Gasteiger partial charge on any atom is 0.323 e. The van der Waals surface area contributed by atoms with Crippen molar-refractivity contribution in [3.05, 3.63) is 35.4 Å². The predicted octanol–water partition coefficient (Wildman–Crippen LogP) is 1.88. The second-order valence-electron chi connectivity index (χ2n) is 3.98. The normalized spacial score (nSPS) is 23.7. The Hall–Kier alpha value is -1.14. The van der Waals surface area contributed by atoms with Gasteiger partial charge >= 0.3 is 5.97 Å². The maximum atomic E-state index is 13.7. The molecule has 3 nitrogen and oxygen atoms in total. The van der Waals surface area contributed by atoms with Crippen LogP contribution in [0, 0.1) is 11.6 Å². The predicted molar refractivity (Wildman–Crippen MR) is 65.4 cm³/mol. The molecule has 2 unspecified atom stereocenters. The summed E-state index contributed by atoms with van der Waals surface area (Å²) < 4.78 is 31.5.